The van der Waals surface area contributed by atoms with Gasteiger partial charge in [-0.05, 0) is 25.7 Å². The lowest BCUT2D eigenvalue weighted by Crippen LogP contribution is -2.40. The average molecular weight is 349 g/mol. The first-order chi connectivity index (χ1) is 11.6. The third-order valence-corrected chi connectivity index (χ3v) is 5.96. The zero-order valence-electron chi connectivity index (χ0n) is 14.1. The highest BCUT2D eigenvalue weighted by Gasteiger charge is 2.29. The number of hydrogen-bond donors (Lipinski definition) is 0. The summed E-state index contributed by atoms with van der Waals surface area (Å²) in [4.78, 5) is 14.9. The zero-order chi connectivity index (χ0) is 16.7. The van der Waals surface area contributed by atoms with Gasteiger partial charge < -0.3 is 9.64 Å². The Bertz CT molecular complexity index is 726. The molecule has 0 spiro atoms. The Kier molecular flexibility index (Phi) is 4.26. The first-order valence-electron chi connectivity index (χ1n) is 8.76. The largest absolute Gasteiger partial charge is 0.370 e. The second-order valence-electron chi connectivity index (χ2n) is 6.95. The maximum Gasteiger partial charge on any atom is 0.234 e. The normalized spacial score (nSPS) is 22.8. The highest BCUT2D eigenvalue weighted by Crippen LogP contribution is 2.33. The number of amides is 1. The first-order valence-corrected chi connectivity index (χ1v) is 9.57. The van der Waals surface area contributed by atoms with Crippen LogP contribution in [0, 0.1) is 5.92 Å². The number of hydrogen-bond acceptors (Lipinski definition) is 6. The molecule has 130 valence electrons. The number of piperidine rings is 1. The van der Waals surface area contributed by atoms with Gasteiger partial charge in [0, 0.05) is 31.5 Å². The quantitative estimate of drug-likeness (QED) is 0.851. The molecule has 1 atom stereocenters. The molecule has 7 nitrogen and oxygen atoms in total. The first kappa shape index (κ1) is 16.0. The minimum atomic E-state index is 0.0282. The van der Waals surface area contributed by atoms with Crippen LogP contribution in [0.15, 0.2) is 0 Å². The summed E-state index contributed by atoms with van der Waals surface area (Å²) >= 11 is 1.62. The Labute approximate surface area is 145 Å². The SMILES string of the molecule is CC(C)C(=O)N1CCC(c2nn3c([C@@H]4CCCO4)nnc3s2)CC1. The molecule has 0 radical (unpaired) electrons. The fourth-order valence-electron chi connectivity index (χ4n) is 3.51. The Hall–Kier alpha value is -1.54. The summed E-state index contributed by atoms with van der Waals surface area (Å²) in [5.74, 6) is 1.57. The number of carbonyl (C=O) groups is 1. The summed E-state index contributed by atoms with van der Waals surface area (Å²) in [5, 5.41) is 14.4. The van der Waals surface area contributed by atoms with Gasteiger partial charge in [-0.25, -0.2) is 0 Å². The van der Waals surface area contributed by atoms with Gasteiger partial charge in [-0.3, -0.25) is 4.79 Å². The Balaban J connectivity index is 1.48. The van der Waals surface area contributed by atoms with Crippen LogP contribution in [0.1, 0.15) is 62.4 Å². The lowest BCUT2D eigenvalue weighted by Gasteiger charge is -2.32. The molecule has 4 rings (SSSR count). The van der Waals surface area contributed by atoms with Crippen molar-refractivity contribution in [3.8, 4) is 0 Å². The van der Waals surface area contributed by atoms with E-state index in [0.29, 0.717) is 5.92 Å². The number of nitrogens with zero attached hydrogens (tertiary/aromatic N) is 5. The molecule has 0 aliphatic carbocycles. The molecule has 0 N–H and O–H groups in total. The van der Waals surface area contributed by atoms with Crippen molar-refractivity contribution >= 4 is 22.2 Å². The van der Waals surface area contributed by atoms with Crippen LogP contribution in [0.4, 0.5) is 0 Å². The summed E-state index contributed by atoms with van der Waals surface area (Å²) in [6.07, 6.45) is 4.03. The lowest BCUT2D eigenvalue weighted by molar-refractivity contribution is -0.135. The predicted octanol–water partition coefficient (Wildman–Crippen LogP) is 2.40. The van der Waals surface area contributed by atoms with Crippen molar-refractivity contribution in [2.24, 2.45) is 5.92 Å². The molecular formula is C16H23N5O2S. The summed E-state index contributed by atoms with van der Waals surface area (Å²) < 4.78 is 7.58. The summed E-state index contributed by atoms with van der Waals surface area (Å²) in [6.45, 7) is 6.35. The molecule has 0 saturated carbocycles. The second kappa shape index (κ2) is 6.40. The molecule has 2 fully saturated rings. The summed E-state index contributed by atoms with van der Waals surface area (Å²) in [6, 6.07) is 0. The van der Waals surface area contributed by atoms with E-state index >= 15 is 0 Å². The maximum absolute atomic E-state index is 12.1. The third kappa shape index (κ3) is 2.82. The third-order valence-electron chi connectivity index (χ3n) is 4.90. The smallest absolute Gasteiger partial charge is 0.234 e. The molecule has 0 unspecified atom stereocenters. The number of rotatable bonds is 3. The lowest BCUT2D eigenvalue weighted by atomic mass is 9.97. The van der Waals surface area contributed by atoms with Gasteiger partial charge in [0.2, 0.25) is 10.9 Å². The van der Waals surface area contributed by atoms with Crippen molar-refractivity contribution in [3.63, 3.8) is 0 Å². The van der Waals surface area contributed by atoms with E-state index in [-0.39, 0.29) is 17.9 Å². The topological polar surface area (TPSA) is 72.6 Å². The number of fused-ring (bicyclic) bond motifs is 1. The molecule has 2 aliphatic heterocycles. The van der Waals surface area contributed by atoms with Crippen LogP contribution < -0.4 is 0 Å². The van der Waals surface area contributed by atoms with Crippen LogP contribution in [0.25, 0.3) is 4.96 Å². The minimum Gasteiger partial charge on any atom is -0.370 e. The fourth-order valence-corrected chi connectivity index (χ4v) is 4.52. The van der Waals surface area contributed by atoms with Crippen LogP contribution in [0.3, 0.4) is 0 Å². The summed E-state index contributed by atoms with van der Waals surface area (Å²) in [5.41, 5.74) is 0. The molecule has 2 aromatic rings. The van der Waals surface area contributed by atoms with Gasteiger partial charge in [-0.1, -0.05) is 25.2 Å². The molecule has 2 aromatic heterocycles. The van der Waals surface area contributed by atoms with Gasteiger partial charge in [-0.2, -0.15) is 9.61 Å². The predicted molar refractivity (Wildman–Crippen MR) is 90.0 cm³/mol. The van der Waals surface area contributed by atoms with E-state index in [0.717, 1.165) is 61.2 Å². The minimum absolute atomic E-state index is 0.0282. The Morgan fingerprint density at radius 2 is 2.04 bits per heavy atom. The molecule has 24 heavy (non-hydrogen) atoms. The van der Waals surface area contributed by atoms with E-state index in [9.17, 15) is 4.79 Å². The van der Waals surface area contributed by atoms with Gasteiger partial charge in [0.15, 0.2) is 5.82 Å². The van der Waals surface area contributed by atoms with Gasteiger partial charge in [0.05, 0.1) is 0 Å². The van der Waals surface area contributed by atoms with Crippen molar-refractivity contribution in [1.29, 1.82) is 0 Å². The van der Waals surface area contributed by atoms with E-state index in [4.69, 9.17) is 9.84 Å². The molecule has 0 aromatic carbocycles. The van der Waals surface area contributed by atoms with Crippen LogP contribution in [0.5, 0.6) is 0 Å². The number of carbonyl (C=O) groups excluding carboxylic acids is 1. The monoisotopic (exact) mass is 349 g/mol. The molecule has 1 amide bonds. The molecule has 0 bridgehead atoms. The standard InChI is InChI=1S/C16H23N5O2S/c1-10(2)15(22)20-7-5-11(6-8-20)14-19-21-13(12-4-3-9-23-12)17-18-16(21)24-14/h10-12H,3-9H2,1-2H3/t12-/m0/s1. The maximum atomic E-state index is 12.1. The second-order valence-corrected chi connectivity index (χ2v) is 7.94. The van der Waals surface area contributed by atoms with Gasteiger partial charge >= 0.3 is 0 Å². The average Bonchev–Trinajstić information content (AvgIpc) is 3.30. The number of ether oxygens (including phenoxy) is 1. The summed E-state index contributed by atoms with van der Waals surface area (Å²) in [7, 11) is 0. The molecular weight excluding hydrogens is 326 g/mol. The zero-order valence-corrected chi connectivity index (χ0v) is 15.0. The van der Waals surface area contributed by atoms with Crippen molar-refractivity contribution in [3.05, 3.63) is 10.8 Å². The molecule has 2 aliphatic rings. The molecule has 4 heterocycles. The van der Waals surface area contributed by atoms with Crippen molar-refractivity contribution < 1.29 is 9.53 Å². The highest BCUT2D eigenvalue weighted by molar-refractivity contribution is 7.16. The fraction of sp³-hybridized carbons (Fsp3) is 0.750. The van der Waals surface area contributed by atoms with Crippen LogP contribution in [-0.2, 0) is 9.53 Å². The highest BCUT2D eigenvalue weighted by atomic mass is 32.1. The number of likely N-dealkylation sites (tertiary alicyclic amines) is 1. The van der Waals surface area contributed by atoms with Gasteiger partial charge in [-0.15, -0.1) is 10.2 Å². The Morgan fingerprint density at radius 1 is 1.25 bits per heavy atom. The van der Waals surface area contributed by atoms with E-state index in [1.54, 1.807) is 11.3 Å². The molecule has 8 heteroatoms. The van der Waals surface area contributed by atoms with Gasteiger partial charge in [0.1, 0.15) is 11.1 Å². The van der Waals surface area contributed by atoms with Crippen LogP contribution in [-0.4, -0.2) is 50.3 Å². The van der Waals surface area contributed by atoms with Crippen LogP contribution in [0.2, 0.25) is 0 Å². The van der Waals surface area contributed by atoms with Crippen molar-refractivity contribution in [2.75, 3.05) is 19.7 Å². The van der Waals surface area contributed by atoms with Crippen molar-refractivity contribution in [1.82, 2.24) is 24.7 Å². The number of aromatic nitrogens is 4. The van der Waals surface area contributed by atoms with E-state index in [1.807, 2.05) is 23.3 Å². The van der Waals surface area contributed by atoms with E-state index in [2.05, 4.69) is 10.2 Å². The van der Waals surface area contributed by atoms with Crippen LogP contribution >= 0.6 is 11.3 Å². The molecule has 2 saturated heterocycles. The Morgan fingerprint density at radius 3 is 2.71 bits per heavy atom. The van der Waals surface area contributed by atoms with Crippen molar-refractivity contribution in [2.45, 2.75) is 51.6 Å². The van der Waals surface area contributed by atoms with Gasteiger partial charge in [0.25, 0.3) is 0 Å². The van der Waals surface area contributed by atoms with E-state index < -0.39 is 0 Å². The van der Waals surface area contributed by atoms with E-state index in [1.165, 1.54) is 0 Å².